The predicted octanol–water partition coefficient (Wildman–Crippen LogP) is 0.931. The van der Waals surface area contributed by atoms with Crippen molar-refractivity contribution in [3.63, 3.8) is 0 Å². The fourth-order valence-electron chi connectivity index (χ4n) is 2.06. The van der Waals surface area contributed by atoms with Crippen LogP contribution < -0.4 is 11.1 Å². The van der Waals surface area contributed by atoms with E-state index in [2.05, 4.69) is 17.2 Å². The maximum Gasteiger partial charge on any atom is 0.0896 e. The van der Waals surface area contributed by atoms with Crippen molar-refractivity contribution in [2.75, 3.05) is 13.1 Å². The lowest BCUT2D eigenvalue weighted by Crippen LogP contribution is -2.32. The monoisotopic (exact) mass is 211 g/mol. The lowest BCUT2D eigenvalue weighted by Gasteiger charge is -2.16. The Balaban J connectivity index is 1.96. The lowest BCUT2D eigenvalue weighted by molar-refractivity contribution is 0.456. The van der Waals surface area contributed by atoms with Crippen molar-refractivity contribution in [3.05, 3.63) is 16.1 Å². The smallest absolute Gasteiger partial charge is 0.0896 e. The predicted molar refractivity (Wildman–Crippen MR) is 59.5 cm³/mol. The Hall–Kier alpha value is -0.450. The molecule has 4 heteroatoms. The number of nitrogens with two attached hydrogens (primary N) is 1. The summed E-state index contributed by atoms with van der Waals surface area (Å²) in [7, 11) is 0. The molecule has 3 N–H and O–H groups in total. The summed E-state index contributed by atoms with van der Waals surface area (Å²) >= 11 is 1.80. The van der Waals surface area contributed by atoms with E-state index in [9.17, 15) is 0 Å². The van der Waals surface area contributed by atoms with Crippen LogP contribution in [-0.4, -0.2) is 24.1 Å². The number of rotatable bonds is 3. The summed E-state index contributed by atoms with van der Waals surface area (Å²) in [4.78, 5) is 5.64. The van der Waals surface area contributed by atoms with Crippen molar-refractivity contribution in [2.45, 2.75) is 25.8 Å². The molecule has 1 fully saturated rings. The molecule has 1 aromatic rings. The molecule has 78 valence electrons. The Morgan fingerprint density at radius 2 is 2.57 bits per heavy atom. The molecule has 0 aliphatic carbocycles. The number of hydrogen-bond acceptors (Lipinski definition) is 4. The molecule has 0 amide bonds. The molecule has 2 atom stereocenters. The first kappa shape index (κ1) is 10.1. The molecule has 0 radical (unpaired) electrons. The third kappa shape index (κ3) is 2.13. The second-order valence-corrected chi connectivity index (χ2v) is 5.21. The molecule has 1 aromatic heterocycles. The first-order valence-electron chi connectivity index (χ1n) is 5.14. The van der Waals surface area contributed by atoms with Gasteiger partial charge >= 0.3 is 0 Å². The quantitative estimate of drug-likeness (QED) is 0.782. The van der Waals surface area contributed by atoms with E-state index in [0.29, 0.717) is 12.0 Å². The minimum atomic E-state index is 0.569. The topological polar surface area (TPSA) is 50.9 Å². The third-order valence-electron chi connectivity index (χ3n) is 2.88. The summed E-state index contributed by atoms with van der Waals surface area (Å²) in [6.45, 7) is 3.97. The summed E-state index contributed by atoms with van der Waals surface area (Å²) in [5, 5.41) is 4.67. The average Bonchev–Trinajstić information content (AvgIpc) is 2.76. The molecule has 1 aliphatic heterocycles. The summed E-state index contributed by atoms with van der Waals surface area (Å²) in [6, 6.07) is 0.569. The molecule has 1 saturated heterocycles. The summed E-state index contributed by atoms with van der Waals surface area (Å²) in [6.07, 6.45) is 4.31. The van der Waals surface area contributed by atoms with Gasteiger partial charge in [-0.2, -0.15) is 0 Å². The van der Waals surface area contributed by atoms with Crippen molar-refractivity contribution < 1.29 is 0 Å². The molecule has 1 aliphatic rings. The standard InChI is InChI=1S/C10H17N3S/c1-7-13-6-9(14-7)4-10-8(5-11)2-3-12-10/h6,8,10,12H,2-5,11H2,1H3. The number of hydrogen-bond donors (Lipinski definition) is 2. The van der Waals surface area contributed by atoms with E-state index in [1.165, 1.54) is 11.3 Å². The van der Waals surface area contributed by atoms with Crippen LogP contribution in [-0.2, 0) is 6.42 Å². The van der Waals surface area contributed by atoms with Gasteiger partial charge in [0, 0.05) is 17.1 Å². The van der Waals surface area contributed by atoms with E-state index in [1.807, 2.05) is 6.20 Å². The first-order chi connectivity index (χ1) is 6.79. The highest BCUT2D eigenvalue weighted by atomic mass is 32.1. The second kappa shape index (κ2) is 4.38. The maximum atomic E-state index is 5.73. The zero-order valence-corrected chi connectivity index (χ0v) is 9.31. The molecule has 3 nitrogen and oxygen atoms in total. The van der Waals surface area contributed by atoms with E-state index in [0.717, 1.165) is 24.5 Å². The average molecular weight is 211 g/mol. The summed E-state index contributed by atoms with van der Waals surface area (Å²) in [5.74, 6) is 0.650. The van der Waals surface area contributed by atoms with Gasteiger partial charge in [0.05, 0.1) is 5.01 Å². The third-order valence-corrected chi connectivity index (χ3v) is 3.82. The molecule has 14 heavy (non-hydrogen) atoms. The van der Waals surface area contributed by atoms with Crippen LogP contribution in [0.25, 0.3) is 0 Å². The molecule has 0 aromatic carbocycles. The molecule has 0 saturated carbocycles. The summed E-state index contributed by atoms with van der Waals surface area (Å²) < 4.78 is 0. The van der Waals surface area contributed by atoms with Gasteiger partial charge < -0.3 is 11.1 Å². The van der Waals surface area contributed by atoms with Gasteiger partial charge in [-0.1, -0.05) is 0 Å². The van der Waals surface area contributed by atoms with E-state index in [1.54, 1.807) is 11.3 Å². The van der Waals surface area contributed by atoms with Gasteiger partial charge in [0.25, 0.3) is 0 Å². The molecule has 2 unspecified atom stereocenters. The second-order valence-electron chi connectivity index (χ2n) is 3.89. The lowest BCUT2D eigenvalue weighted by atomic mass is 9.98. The number of thiazole rings is 1. The Morgan fingerprint density at radius 3 is 3.21 bits per heavy atom. The Labute approximate surface area is 88.7 Å². The number of aromatic nitrogens is 1. The van der Waals surface area contributed by atoms with Gasteiger partial charge in [-0.3, -0.25) is 0 Å². The minimum absolute atomic E-state index is 0.569. The van der Waals surface area contributed by atoms with Crippen LogP contribution in [0.3, 0.4) is 0 Å². The van der Waals surface area contributed by atoms with E-state index < -0.39 is 0 Å². The minimum Gasteiger partial charge on any atom is -0.330 e. The van der Waals surface area contributed by atoms with Crippen LogP contribution in [0.2, 0.25) is 0 Å². The van der Waals surface area contributed by atoms with Crippen LogP contribution in [0.1, 0.15) is 16.3 Å². The Morgan fingerprint density at radius 1 is 1.71 bits per heavy atom. The highest BCUT2D eigenvalue weighted by molar-refractivity contribution is 7.11. The van der Waals surface area contributed by atoms with Gasteiger partial charge in [0.15, 0.2) is 0 Å². The first-order valence-corrected chi connectivity index (χ1v) is 5.96. The van der Waals surface area contributed by atoms with Gasteiger partial charge in [-0.25, -0.2) is 4.98 Å². The normalized spacial score (nSPS) is 27.0. The highest BCUT2D eigenvalue weighted by Gasteiger charge is 2.25. The van der Waals surface area contributed by atoms with E-state index >= 15 is 0 Å². The molecule has 0 bridgehead atoms. The fraction of sp³-hybridized carbons (Fsp3) is 0.700. The van der Waals surface area contributed by atoms with Crippen LogP contribution >= 0.6 is 11.3 Å². The van der Waals surface area contributed by atoms with E-state index in [-0.39, 0.29) is 0 Å². The highest BCUT2D eigenvalue weighted by Crippen LogP contribution is 2.21. The molecule has 2 heterocycles. The molecular weight excluding hydrogens is 194 g/mol. The molecule has 0 spiro atoms. The number of nitrogens with one attached hydrogen (secondary N) is 1. The van der Waals surface area contributed by atoms with Crippen LogP contribution in [0.5, 0.6) is 0 Å². The van der Waals surface area contributed by atoms with Crippen molar-refractivity contribution in [2.24, 2.45) is 11.7 Å². The Kier molecular flexibility index (Phi) is 3.15. The van der Waals surface area contributed by atoms with Gasteiger partial charge in [0.1, 0.15) is 0 Å². The molecule has 2 rings (SSSR count). The largest absolute Gasteiger partial charge is 0.330 e. The SMILES string of the molecule is Cc1ncc(CC2NCCC2CN)s1. The summed E-state index contributed by atoms with van der Waals surface area (Å²) in [5.41, 5.74) is 5.73. The van der Waals surface area contributed by atoms with Crippen molar-refractivity contribution in [1.82, 2.24) is 10.3 Å². The van der Waals surface area contributed by atoms with Crippen LogP contribution in [0.4, 0.5) is 0 Å². The van der Waals surface area contributed by atoms with Gasteiger partial charge in [0.2, 0.25) is 0 Å². The van der Waals surface area contributed by atoms with Gasteiger partial charge in [-0.05, 0) is 38.8 Å². The zero-order valence-electron chi connectivity index (χ0n) is 8.49. The van der Waals surface area contributed by atoms with Crippen LogP contribution in [0.15, 0.2) is 6.20 Å². The van der Waals surface area contributed by atoms with Crippen LogP contribution in [0, 0.1) is 12.8 Å². The number of nitrogens with zero attached hydrogens (tertiary/aromatic N) is 1. The number of aryl methyl sites for hydroxylation is 1. The van der Waals surface area contributed by atoms with Gasteiger partial charge in [-0.15, -0.1) is 11.3 Å². The maximum absolute atomic E-state index is 5.73. The Bertz CT molecular complexity index is 297. The van der Waals surface area contributed by atoms with Crippen molar-refractivity contribution in [3.8, 4) is 0 Å². The van der Waals surface area contributed by atoms with Crippen molar-refractivity contribution in [1.29, 1.82) is 0 Å². The molecular formula is C10H17N3S. The zero-order chi connectivity index (χ0) is 9.97. The van der Waals surface area contributed by atoms with Crippen molar-refractivity contribution >= 4 is 11.3 Å². The van der Waals surface area contributed by atoms with E-state index in [4.69, 9.17) is 5.73 Å². The fourth-order valence-corrected chi connectivity index (χ4v) is 2.91.